The number of hydrogen-bond donors (Lipinski definition) is 0. The van der Waals surface area contributed by atoms with Crippen LogP contribution in [-0.4, -0.2) is 13.1 Å². The van der Waals surface area contributed by atoms with E-state index in [4.69, 9.17) is 9.47 Å². The van der Waals surface area contributed by atoms with Gasteiger partial charge in [0, 0.05) is 6.42 Å². The lowest BCUT2D eigenvalue weighted by Crippen LogP contribution is -1.98. The van der Waals surface area contributed by atoms with Crippen molar-refractivity contribution in [3.05, 3.63) is 29.8 Å². The maximum absolute atomic E-state index is 10.9. The molecule has 0 spiro atoms. The summed E-state index contributed by atoms with van der Waals surface area (Å²) in [5.41, 5.74) is 1.01. The van der Waals surface area contributed by atoms with Crippen LogP contribution >= 0.6 is 0 Å². The van der Waals surface area contributed by atoms with Crippen LogP contribution in [0.2, 0.25) is 0 Å². The Bertz CT molecular complexity index is 346. The summed E-state index contributed by atoms with van der Waals surface area (Å²) in [6.45, 7) is 0. The van der Waals surface area contributed by atoms with Crippen molar-refractivity contribution in [2.75, 3.05) is 7.11 Å². The van der Waals surface area contributed by atoms with E-state index in [9.17, 15) is 4.79 Å². The molecule has 1 atom stereocenters. The normalized spacial score (nSPS) is 20.6. The molecule has 0 aliphatic carbocycles. The lowest BCUT2D eigenvalue weighted by Gasteiger charge is -2.10. The highest BCUT2D eigenvalue weighted by Crippen LogP contribution is 2.30. The number of esters is 1. The van der Waals surface area contributed by atoms with Gasteiger partial charge in [-0.25, -0.2) is 0 Å². The van der Waals surface area contributed by atoms with Gasteiger partial charge in [0.1, 0.15) is 11.9 Å². The molecule has 1 saturated heterocycles. The molecule has 14 heavy (non-hydrogen) atoms. The maximum Gasteiger partial charge on any atom is 0.306 e. The average Bonchev–Trinajstić information content (AvgIpc) is 2.65. The van der Waals surface area contributed by atoms with Gasteiger partial charge in [-0.1, -0.05) is 12.1 Å². The molecular formula is C11H12O3. The summed E-state index contributed by atoms with van der Waals surface area (Å²) in [6, 6.07) is 7.63. The number of carbonyl (C=O) groups is 1. The second-order valence-corrected chi connectivity index (χ2v) is 3.29. The van der Waals surface area contributed by atoms with Crippen molar-refractivity contribution < 1.29 is 14.3 Å². The van der Waals surface area contributed by atoms with Crippen LogP contribution in [0.4, 0.5) is 0 Å². The lowest BCUT2D eigenvalue weighted by molar-refractivity contribution is -0.141. The molecule has 1 fully saturated rings. The van der Waals surface area contributed by atoms with Gasteiger partial charge in [0.2, 0.25) is 0 Å². The Morgan fingerprint density at radius 2 is 2.36 bits per heavy atom. The van der Waals surface area contributed by atoms with Crippen molar-refractivity contribution in [1.29, 1.82) is 0 Å². The number of carbonyl (C=O) groups excluding carboxylic acids is 1. The van der Waals surface area contributed by atoms with Gasteiger partial charge in [0.15, 0.2) is 0 Å². The van der Waals surface area contributed by atoms with Crippen LogP contribution < -0.4 is 4.74 Å². The van der Waals surface area contributed by atoms with Crippen LogP contribution in [0, 0.1) is 0 Å². The zero-order chi connectivity index (χ0) is 9.97. The Kier molecular flexibility index (Phi) is 2.39. The van der Waals surface area contributed by atoms with Crippen LogP contribution in [-0.2, 0) is 9.53 Å². The average molecular weight is 192 g/mol. The van der Waals surface area contributed by atoms with Gasteiger partial charge in [-0.15, -0.1) is 0 Å². The van der Waals surface area contributed by atoms with E-state index in [-0.39, 0.29) is 12.1 Å². The maximum atomic E-state index is 10.9. The Morgan fingerprint density at radius 3 is 3.00 bits per heavy atom. The number of cyclic esters (lactones) is 1. The van der Waals surface area contributed by atoms with Crippen molar-refractivity contribution in [2.24, 2.45) is 0 Å². The minimum atomic E-state index is -0.113. The molecule has 0 aromatic heterocycles. The summed E-state index contributed by atoms with van der Waals surface area (Å²) in [6.07, 6.45) is 1.20. The molecule has 1 aliphatic rings. The third-order valence-electron chi connectivity index (χ3n) is 2.35. The van der Waals surface area contributed by atoms with Gasteiger partial charge in [-0.05, 0) is 24.1 Å². The zero-order valence-corrected chi connectivity index (χ0v) is 8.03. The minimum Gasteiger partial charge on any atom is -0.497 e. The van der Waals surface area contributed by atoms with Gasteiger partial charge < -0.3 is 9.47 Å². The molecule has 0 saturated carbocycles. The van der Waals surface area contributed by atoms with Crippen molar-refractivity contribution in [1.82, 2.24) is 0 Å². The molecule has 0 unspecified atom stereocenters. The molecule has 2 rings (SSSR count). The molecule has 3 nitrogen and oxygen atoms in total. The monoisotopic (exact) mass is 192 g/mol. The number of methoxy groups -OCH3 is 1. The van der Waals surface area contributed by atoms with Gasteiger partial charge in [-0.2, -0.15) is 0 Å². The topological polar surface area (TPSA) is 35.5 Å². The summed E-state index contributed by atoms with van der Waals surface area (Å²) in [5, 5.41) is 0. The smallest absolute Gasteiger partial charge is 0.306 e. The Balaban J connectivity index is 2.19. The quantitative estimate of drug-likeness (QED) is 0.673. The van der Waals surface area contributed by atoms with E-state index in [0.29, 0.717) is 6.42 Å². The number of hydrogen-bond acceptors (Lipinski definition) is 3. The standard InChI is InChI=1S/C11H12O3/c1-13-9-4-2-3-8(7-9)10-5-6-11(12)14-10/h2-4,7,10H,5-6H2,1H3/t10-/m1/s1. The first-order valence-electron chi connectivity index (χ1n) is 4.63. The molecule has 0 amide bonds. The minimum absolute atomic E-state index is 0.0856. The van der Waals surface area contributed by atoms with Crippen molar-refractivity contribution in [3.8, 4) is 5.75 Å². The molecule has 3 heteroatoms. The van der Waals surface area contributed by atoms with Crippen LogP contribution in [0.1, 0.15) is 24.5 Å². The Labute approximate surface area is 82.6 Å². The number of ether oxygens (including phenoxy) is 2. The second kappa shape index (κ2) is 3.70. The second-order valence-electron chi connectivity index (χ2n) is 3.29. The van der Waals surface area contributed by atoms with Crippen molar-refractivity contribution >= 4 is 5.97 Å². The first kappa shape index (κ1) is 9.06. The highest BCUT2D eigenvalue weighted by molar-refractivity contribution is 5.71. The van der Waals surface area contributed by atoms with Gasteiger partial charge in [0.25, 0.3) is 0 Å². The first-order valence-corrected chi connectivity index (χ1v) is 4.63. The predicted octanol–water partition coefficient (Wildman–Crippen LogP) is 2.07. The van der Waals surface area contributed by atoms with Crippen LogP contribution in [0.3, 0.4) is 0 Å². The molecule has 1 aliphatic heterocycles. The van der Waals surface area contributed by atoms with Gasteiger partial charge >= 0.3 is 5.97 Å². The highest BCUT2D eigenvalue weighted by atomic mass is 16.5. The first-order chi connectivity index (χ1) is 6.79. The van der Waals surface area contributed by atoms with E-state index < -0.39 is 0 Å². The van der Waals surface area contributed by atoms with Crippen LogP contribution in [0.15, 0.2) is 24.3 Å². The fourth-order valence-corrected chi connectivity index (χ4v) is 1.60. The molecule has 74 valence electrons. The summed E-state index contributed by atoms with van der Waals surface area (Å²) in [7, 11) is 1.62. The van der Waals surface area contributed by atoms with Crippen LogP contribution in [0.5, 0.6) is 5.75 Å². The molecule has 1 heterocycles. The predicted molar refractivity (Wildman–Crippen MR) is 51.1 cm³/mol. The van der Waals surface area contributed by atoms with E-state index >= 15 is 0 Å². The summed E-state index contributed by atoms with van der Waals surface area (Å²) in [5.74, 6) is 0.684. The van der Waals surface area contributed by atoms with E-state index in [1.807, 2.05) is 24.3 Å². The fraction of sp³-hybridized carbons (Fsp3) is 0.364. The van der Waals surface area contributed by atoms with Crippen molar-refractivity contribution in [3.63, 3.8) is 0 Å². The fourth-order valence-electron chi connectivity index (χ4n) is 1.60. The Hall–Kier alpha value is -1.51. The van der Waals surface area contributed by atoms with Gasteiger partial charge in [0.05, 0.1) is 7.11 Å². The van der Waals surface area contributed by atoms with E-state index in [1.54, 1.807) is 7.11 Å². The lowest BCUT2D eigenvalue weighted by atomic mass is 10.1. The molecular weight excluding hydrogens is 180 g/mol. The molecule has 1 aromatic rings. The molecule has 1 aromatic carbocycles. The third-order valence-corrected chi connectivity index (χ3v) is 2.35. The van der Waals surface area contributed by atoms with Crippen LogP contribution in [0.25, 0.3) is 0 Å². The largest absolute Gasteiger partial charge is 0.497 e. The molecule has 0 radical (unpaired) electrons. The van der Waals surface area contributed by atoms with E-state index in [2.05, 4.69) is 0 Å². The van der Waals surface area contributed by atoms with E-state index in [0.717, 1.165) is 17.7 Å². The van der Waals surface area contributed by atoms with Gasteiger partial charge in [-0.3, -0.25) is 4.79 Å². The molecule has 0 N–H and O–H groups in total. The van der Waals surface area contributed by atoms with E-state index in [1.165, 1.54) is 0 Å². The van der Waals surface area contributed by atoms with Crippen molar-refractivity contribution in [2.45, 2.75) is 18.9 Å². The zero-order valence-electron chi connectivity index (χ0n) is 8.03. The summed E-state index contributed by atoms with van der Waals surface area (Å²) in [4.78, 5) is 10.9. The molecule has 0 bridgehead atoms. The summed E-state index contributed by atoms with van der Waals surface area (Å²) < 4.78 is 10.3. The number of rotatable bonds is 2. The summed E-state index contributed by atoms with van der Waals surface area (Å²) >= 11 is 0. The number of benzene rings is 1. The highest BCUT2D eigenvalue weighted by Gasteiger charge is 2.24. The third kappa shape index (κ3) is 1.71. The Morgan fingerprint density at radius 1 is 1.50 bits per heavy atom. The SMILES string of the molecule is COc1cccc([C@H]2CCC(=O)O2)c1.